The summed E-state index contributed by atoms with van der Waals surface area (Å²) in [5.74, 6) is 1.10. The van der Waals surface area contributed by atoms with E-state index >= 15 is 0 Å². The standard InChI is InChI=1S/C32H27I2N3O8S/c1-4-43-25-10-9-20(15-26(25)44-5-2)28-22(31(39)42-3)16-35-32-36(28)30(38)27(46-32)14-19-12-23(33)29(24(34)13-19)45-17-18-7-6-8-21(11-18)37(40)41/h6-16,28H,4-5,17H2,1-3H3/b27-14-/t28-/m1/s1. The molecule has 46 heavy (non-hydrogen) atoms. The lowest BCUT2D eigenvalue weighted by Crippen LogP contribution is -2.39. The van der Waals surface area contributed by atoms with Gasteiger partial charge in [0.1, 0.15) is 12.4 Å². The van der Waals surface area contributed by atoms with Crippen LogP contribution in [0.4, 0.5) is 5.69 Å². The third-order valence-corrected chi connectivity index (χ3v) is 9.43. The summed E-state index contributed by atoms with van der Waals surface area (Å²) in [6.07, 6.45) is 3.23. The molecule has 0 saturated heterocycles. The van der Waals surface area contributed by atoms with E-state index < -0.39 is 16.9 Å². The number of aromatic nitrogens is 1. The van der Waals surface area contributed by atoms with Gasteiger partial charge in [-0.05, 0) is 106 Å². The molecule has 11 nitrogen and oxygen atoms in total. The van der Waals surface area contributed by atoms with Gasteiger partial charge in [0.05, 0.1) is 48.5 Å². The van der Waals surface area contributed by atoms with E-state index in [4.69, 9.17) is 18.9 Å². The van der Waals surface area contributed by atoms with E-state index in [0.717, 1.165) is 12.7 Å². The van der Waals surface area contributed by atoms with Crippen LogP contribution in [-0.4, -0.2) is 35.8 Å². The molecule has 0 saturated carbocycles. The fourth-order valence-corrected chi connectivity index (χ4v) is 7.95. The van der Waals surface area contributed by atoms with Crippen molar-refractivity contribution in [2.75, 3.05) is 20.3 Å². The number of hydrogen-bond donors (Lipinski definition) is 0. The van der Waals surface area contributed by atoms with Crippen LogP contribution < -0.4 is 29.1 Å². The van der Waals surface area contributed by atoms with Gasteiger partial charge in [-0.1, -0.05) is 29.5 Å². The van der Waals surface area contributed by atoms with E-state index in [0.29, 0.717) is 50.9 Å². The molecule has 5 rings (SSSR count). The van der Waals surface area contributed by atoms with Crippen LogP contribution in [0.1, 0.15) is 36.6 Å². The number of halogens is 2. The van der Waals surface area contributed by atoms with Crippen molar-refractivity contribution in [3.05, 3.63) is 120 Å². The quantitative estimate of drug-likeness (QED) is 0.0836. The number of methoxy groups -OCH3 is 1. The number of ether oxygens (including phenoxy) is 4. The van der Waals surface area contributed by atoms with Gasteiger partial charge in [-0.15, -0.1) is 0 Å². The largest absolute Gasteiger partial charge is 0.490 e. The first-order chi connectivity index (χ1) is 22.1. The molecule has 1 aliphatic heterocycles. The van der Waals surface area contributed by atoms with Gasteiger partial charge in [0.15, 0.2) is 16.3 Å². The van der Waals surface area contributed by atoms with Gasteiger partial charge in [0.25, 0.3) is 11.2 Å². The second kappa shape index (κ2) is 14.8. The van der Waals surface area contributed by atoms with Crippen LogP contribution in [0.2, 0.25) is 0 Å². The molecule has 0 N–H and O–H groups in total. The Bertz CT molecular complexity index is 2020. The van der Waals surface area contributed by atoms with Crippen molar-refractivity contribution in [3.63, 3.8) is 0 Å². The smallest absolute Gasteiger partial charge is 0.337 e. The van der Waals surface area contributed by atoms with Crippen molar-refractivity contribution in [1.82, 2.24) is 4.57 Å². The van der Waals surface area contributed by atoms with Crippen molar-refractivity contribution in [2.24, 2.45) is 4.99 Å². The van der Waals surface area contributed by atoms with Crippen LogP contribution in [-0.2, 0) is 16.1 Å². The second-order valence-electron chi connectivity index (χ2n) is 9.78. The highest BCUT2D eigenvalue weighted by molar-refractivity contribution is 14.1. The molecule has 0 amide bonds. The molecule has 0 unspecified atom stereocenters. The first-order valence-corrected chi connectivity index (χ1v) is 17.0. The van der Waals surface area contributed by atoms with Gasteiger partial charge in [-0.3, -0.25) is 19.5 Å². The van der Waals surface area contributed by atoms with Crippen molar-refractivity contribution >= 4 is 74.3 Å². The Hall–Kier alpha value is -3.77. The number of fused-ring (bicyclic) bond motifs is 1. The van der Waals surface area contributed by atoms with E-state index in [2.05, 4.69) is 50.2 Å². The molecule has 3 aromatic carbocycles. The Labute approximate surface area is 294 Å². The third kappa shape index (κ3) is 7.12. The monoisotopic (exact) mass is 867 g/mol. The molecule has 2 heterocycles. The Morgan fingerprint density at radius 3 is 2.43 bits per heavy atom. The highest BCUT2D eigenvalue weighted by atomic mass is 127. The van der Waals surface area contributed by atoms with Crippen LogP contribution in [0, 0.1) is 17.3 Å². The van der Waals surface area contributed by atoms with Crippen LogP contribution in [0.25, 0.3) is 6.08 Å². The van der Waals surface area contributed by atoms with Gasteiger partial charge in [0.2, 0.25) is 0 Å². The fraction of sp³-hybridized carbons (Fsp3) is 0.219. The number of nitro groups is 1. The number of nitrogens with zero attached hydrogens (tertiary/aromatic N) is 3. The summed E-state index contributed by atoms with van der Waals surface area (Å²) in [5.41, 5.74) is 1.98. The van der Waals surface area contributed by atoms with Crippen LogP contribution in [0.5, 0.6) is 17.2 Å². The molecule has 0 spiro atoms. The summed E-state index contributed by atoms with van der Waals surface area (Å²) >= 11 is 5.54. The number of non-ortho nitro benzene ring substituents is 1. The summed E-state index contributed by atoms with van der Waals surface area (Å²) in [6, 6.07) is 14.6. The molecule has 1 atom stereocenters. The maximum absolute atomic E-state index is 14.0. The Balaban J connectivity index is 1.52. The topological polar surface area (TPSA) is 131 Å². The average Bonchev–Trinajstić information content (AvgIpc) is 3.35. The lowest BCUT2D eigenvalue weighted by molar-refractivity contribution is -0.384. The number of nitro benzene ring substituents is 1. The van der Waals surface area contributed by atoms with Crippen molar-refractivity contribution in [2.45, 2.75) is 26.5 Å². The van der Waals surface area contributed by atoms with Crippen molar-refractivity contribution in [3.8, 4) is 17.2 Å². The van der Waals surface area contributed by atoms with E-state index in [9.17, 15) is 19.7 Å². The van der Waals surface area contributed by atoms with Crippen LogP contribution in [0.15, 0.2) is 76.2 Å². The third-order valence-electron chi connectivity index (χ3n) is 6.83. The minimum Gasteiger partial charge on any atom is -0.490 e. The minimum atomic E-state index is -0.800. The first kappa shape index (κ1) is 33.6. The summed E-state index contributed by atoms with van der Waals surface area (Å²) in [5, 5.41) is 11.1. The molecule has 0 aliphatic carbocycles. The molecule has 238 valence electrons. The van der Waals surface area contributed by atoms with Gasteiger partial charge in [0, 0.05) is 18.3 Å². The van der Waals surface area contributed by atoms with Crippen molar-refractivity contribution < 1.29 is 28.7 Å². The Morgan fingerprint density at radius 1 is 1.04 bits per heavy atom. The molecule has 0 bridgehead atoms. The number of carbonyl (C=O) groups excluding carboxylic acids is 1. The molecule has 0 fully saturated rings. The number of esters is 1. The number of carbonyl (C=O) groups is 1. The molecule has 0 radical (unpaired) electrons. The number of rotatable bonds is 11. The predicted octanol–water partition coefficient (Wildman–Crippen LogP) is 5.51. The lowest BCUT2D eigenvalue weighted by Gasteiger charge is -2.23. The number of hydrogen-bond acceptors (Lipinski definition) is 10. The lowest BCUT2D eigenvalue weighted by atomic mass is 9.97. The van der Waals surface area contributed by atoms with Crippen LogP contribution in [0.3, 0.4) is 0 Å². The molecular weight excluding hydrogens is 840 g/mol. The molecule has 14 heteroatoms. The zero-order chi connectivity index (χ0) is 33.0. The molecular formula is C32H27I2N3O8S. The van der Waals surface area contributed by atoms with E-state index in [-0.39, 0.29) is 23.4 Å². The number of benzene rings is 3. The van der Waals surface area contributed by atoms with Gasteiger partial charge >= 0.3 is 5.97 Å². The highest BCUT2D eigenvalue weighted by Gasteiger charge is 2.31. The predicted molar refractivity (Wildman–Crippen MR) is 189 cm³/mol. The van der Waals surface area contributed by atoms with Gasteiger partial charge in [-0.25, -0.2) is 9.79 Å². The van der Waals surface area contributed by atoms with E-state index in [1.165, 1.54) is 41.3 Å². The second-order valence-corrected chi connectivity index (χ2v) is 13.1. The SMILES string of the molecule is CCOc1ccc([C@@H]2C(C(=O)OC)=CN=c3s/c(=C\c4cc(I)c(OCc5cccc([N+](=O)[O-])c5)c(I)c4)c(=O)n32)cc1OCC. The first-order valence-electron chi connectivity index (χ1n) is 14.0. The average molecular weight is 867 g/mol. The summed E-state index contributed by atoms with van der Waals surface area (Å²) < 4.78 is 26.2. The molecule has 1 aromatic heterocycles. The zero-order valence-corrected chi connectivity index (χ0v) is 30.0. The van der Waals surface area contributed by atoms with Gasteiger partial charge in [-0.2, -0.15) is 0 Å². The summed E-state index contributed by atoms with van der Waals surface area (Å²) in [4.78, 5) is 42.4. The van der Waals surface area contributed by atoms with Crippen molar-refractivity contribution in [1.29, 1.82) is 0 Å². The van der Waals surface area contributed by atoms with E-state index in [1.807, 2.05) is 26.0 Å². The molecule has 4 aromatic rings. The van der Waals surface area contributed by atoms with Crippen LogP contribution >= 0.6 is 56.5 Å². The Kier molecular flexibility index (Phi) is 10.8. The minimum absolute atomic E-state index is 0.000474. The highest BCUT2D eigenvalue weighted by Crippen LogP contribution is 2.35. The van der Waals surface area contributed by atoms with E-state index in [1.54, 1.807) is 36.4 Å². The maximum Gasteiger partial charge on any atom is 0.337 e. The number of thiazole rings is 1. The van der Waals surface area contributed by atoms with Gasteiger partial charge < -0.3 is 18.9 Å². The maximum atomic E-state index is 14.0. The normalized spacial score (nSPS) is 14.2. The summed E-state index contributed by atoms with van der Waals surface area (Å²) in [7, 11) is 1.29. The fourth-order valence-electron chi connectivity index (χ4n) is 4.85. The Morgan fingerprint density at radius 2 is 1.76 bits per heavy atom. The zero-order valence-electron chi connectivity index (χ0n) is 24.8. The summed E-state index contributed by atoms with van der Waals surface area (Å²) in [6.45, 7) is 4.75. The molecule has 1 aliphatic rings.